The third-order valence-electron chi connectivity index (χ3n) is 2.23. The van der Waals surface area contributed by atoms with Gasteiger partial charge in [-0.25, -0.2) is 0 Å². The van der Waals surface area contributed by atoms with Crippen LogP contribution in [0, 0.1) is 0 Å². The molecule has 1 heterocycles. The minimum absolute atomic E-state index is 0.0721. The van der Waals surface area contributed by atoms with Gasteiger partial charge in [-0.2, -0.15) is 18.3 Å². The Morgan fingerprint density at radius 3 is 2.62 bits per heavy atom. The predicted octanol–water partition coefficient (Wildman–Crippen LogP) is 1.89. The van der Waals surface area contributed by atoms with E-state index in [1.807, 2.05) is 6.92 Å². The summed E-state index contributed by atoms with van der Waals surface area (Å²) in [4.78, 5) is 0. The normalized spacial score (nSPS) is 14.1. The molecule has 1 aromatic heterocycles. The van der Waals surface area contributed by atoms with Crippen molar-refractivity contribution in [1.29, 1.82) is 0 Å². The van der Waals surface area contributed by atoms with Crippen molar-refractivity contribution < 1.29 is 13.2 Å². The number of alkyl halides is 3. The van der Waals surface area contributed by atoms with Crippen LogP contribution in [0.5, 0.6) is 0 Å². The number of hydrogen-bond donors (Lipinski definition) is 1. The summed E-state index contributed by atoms with van der Waals surface area (Å²) >= 11 is 0. The van der Waals surface area contributed by atoms with Crippen LogP contribution in [0.3, 0.4) is 0 Å². The van der Waals surface area contributed by atoms with Crippen LogP contribution in [0.4, 0.5) is 13.2 Å². The molecule has 16 heavy (non-hydrogen) atoms. The molecule has 6 heteroatoms. The van der Waals surface area contributed by atoms with Gasteiger partial charge >= 0.3 is 6.18 Å². The molecule has 3 nitrogen and oxygen atoms in total. The number of hydrogen-bond acceptors (Lipinski definition) is 2. The van der Waals surface area contributed by atoms with Gasteiger partial charge in [0.15, 0.2) is 0 Å². The van der Waals surface area contributed by atoms with Crippen LogP contribution in [-0.2, 0) is 13.5 Å². The van der Waals surface area contributed by atoms with Crippen molar-refractivity contribution >= 4 is 0 Å². The standard InChI is InChI=1S/C10H16F3N3/c1-3-4-14-9(10(11,12)13)5-8-6-15-16(2)7-8/h6-7,9,14H,3-5H2,1-2H3. The minimum Gasteiger partial charge on any atom is -0.306 e. The zero-order chi connectivity index (χ0) is 12.2. The summed E-state index contributed by atoms with van der Waals surface area (Å²) in [6.45, 7) is 2.20. The molecule has 0 aliphatic heterocycles. The molecule has 0 spiro atoms. The highest BCUT2D eigenvalue weighted by Crippen LogP contribution is 2.23. The van der Waals surface area contributed by atoms with E-state index in [-0.39, 0.29) is 6.42 Å². The van der Waals surface area contributed by atoms with Gasteiger partial charge in [0.05, 0.1) is 6.20 Å². The van der Waals surface area contributed by atoms with Crippen LogP contribution in [-0.4, -0.2) is 28.5 Å². The average Bonchev–Trinajstić information content (AvgIpc) is 2.57. The number of nitrogens with one attached hydrogen (secondary N) is 1. The van der Waals surface area contributed by atoms with Gasteiger partial charge in [0.1, 0.15) is 6.04 Å². The average molecular weight is 235 g/mol. The van der Waals surface area contributed by atoms with Crippen LogP contribution in [0.2, 0.25) is 0 Å². The molecule has 1 N–H and O–H groups in total. The van der Waals surface area contributed by atoms with E-state index in [4.69, 9.17) is 0 Å². The second-order valence-electron chi connectivity index (χ2n) is 3.77. The van der Waals surface area contributed by atoms with Gasteiger partial charge in [0, 0.05) is 13.2 Å². The lowest BCUT2D eigenvalue weighted by molar-refractivity contribution is -0.155. The molecule has 0 aliphatic rings. The summed E-state index contributed by atoms with van der Waals surface area (Å²) in [5, 5.41) is 6.36. The highest BCUT2D eigenvalue weighted by Gasteiger charge is 2.39. The summed E-state index contributed by atoms with van der Waals surface area (Å²) in [6, 6.07) is -1.49. The number of aryl methyl sites for hydroxylation is 1. The Hall–Kier alpha value is -1.04. The Labute approximate surface area is 92.6 Å². The molecule has 0 aliphatic carbocycles. The van der Waals surface area contributed by atoms with E-state index in [0.29, 0.717) is 18.5 Å². The molecule has 0 radical (unpaired) electrons. The van der Waals surface area contributed by atoms with E-state index < -0.39 is 12.2 Å². The van der Waals surface area contributed by atoms with E-state index in [1.54, 1.807) is 13.2 Å². The summed E-state index contributed by atoms with van der Waals surface area (Å²) < 4.78 is 39.4. The lowest BCUT2D eigenvalue weighted by atomic mass is 10.1. The summed E-state index contributed by atoms with van der Waals surface area (Å²) in [5.41, 5.74) is 0.591. The highest BCUT2D eigenvalue weighted by molar-refractivity contribution is 5.07. The van der Waals surface area contributed by atoms with Crippen molar-refractivity contribution in [3.05, 3.63) is 18.0 Å². The first-order valence-corrected chi connectivity index (χ1v) is 5.21. The smallest absolute Gasteiger partial charge is 0.306 e. The molecule has 92 valence electrons. The van der Waals surface area contributed by atoms with Crippen molar-refractivity contribution in [2.45, 2.75) is 32.0 Å². The zero-order valence-electron chi connectivity index (χ0n) is 9.38. The molecule has 1 rings (SSSR count). The number of aromatic nitrogens is 2. The number of rotatable bonds is 5. The molecule has 0 aromatic carbocycles. The van der Waals surface area contributed by atoms with Crippen molar-refractivity contribution in [1.82, 2.24) is 15.1 Å². The molecule has 0 fully saturated rings. The second-order valence-corrected chi connectivity index (χ2v) is 3.77. The van der Waals surface area contributed by atoms with Gasteiger partial charge in [0.25, 0.3) is 0 Å². The van der Waals surface area contributed by atoms with E-state index in [0.717, 1.165) is 0 Å². The highest BCUT2D eigenvalue weighted by atomic mass is 19.4. The molecule has 0 saturated heterocycles. The molecule has 0 amide bonds. The fourth-order valence-corrected chi connectivity index (χ4v) is 1.44. The Kier molecular flexibility index (Phi) is 4.35. The lowest BCUT2D eigenvalue weighted by Gasteiger charge is -2.20. The second kappa shape index (κ2) is 5.34. The molecule has 1 atom stereocenters. The van der Waals surface area contributed by atoms with Gasteiger partial charge in [-0.1, -0.05) is 6.92 Å². The largest absolute Gasteiger partial charge is 0.404 e. The van der Waals surface area contributed by atoms with Crippen molar-refractivity contribution in [3.63, 3.8) is 0 Å². The van der Waals surface area contributed by atoms with E-state index in [9.17, 15) is 13.2 Å². The van der Waals surface area contributed by atoms with E-state index in [1.165, 1.54) is 10.9 Å². The predicted molar refractivity (Wildman–Crippen MR) is 55.0 cm³/mol. The van der Waals surface area contributed by atoms with E-state index >= 15 is 0 Å². The Morgan fingerprint density at radius 1 is 1.50 bits per heavy atom. The molecule has 0 saturated carbocycles. The molecular formula is C10H16F3N3. The van der Waals surface area contributed by atoms with Gasteiger partial charge in [-0.15, -0.1) is 0 Å². The maximum atomic E-state index is 12.6. The van der Waals surface area contributed by atoms with Crippen molar-refractivity contribution in [2.75, 3.05) is 6.54 Å². The van der Waals surface area contributed by atoms with Crippen molar-refractivity contribution in [2.24, 2.45) is 7.05 Å². The third-order valence-corrected chi connectivity index (χ3v) is 2.23. The number of nitrogens with zero attached hydrogens (tertiary/aromatic N) is 2. The first-order valence-electron chi connectivity index (χ1n) is 5.21. The zero-order valence-corrected chi connectivity index (χ0v) is 9.38. The SMILES string of the molecule is CCCNC(Cc1cnn(C)c1)C(F)(F)F. The first-order chi connectivity index (χ1) is 7.43. The van der Waals surface area contributed by atoms with Crippen LogP contribution in [0.25, 0.3) is 0 Å². The maximum absolute atomic E-state index is 12.6. The molecule has 1 unspecified atom stereocenters. The minimum atomic E-state index is -4.22. The van der Waals surface area contributed by atoms with E-state index in [2.05, 4.69) is 10.4 Å². The van der Waals surface area contributed by atoms with Crippen LogP contribution in [0.15, 0.2) is 12.4 Å². The summed E-state index contributed by atoms with van der Waals surface area (Å²) in [5.74, 6) is 0. The Bertz CT molecular complexity index is 319. The van der Waals surface area contributed by atoms with Gasteiger partial charge in [-0.3, -0.25) is 4.68 Å². The first kappa shape index (κ1) is 13.0. The summed E-state index contributed by atoms with van der Waals surface area (Å²) in [6.07, 6.45) is -0.541. The molecule has 0 bridgehead atoms. The molecule has 1 aromatic rings. The monoisotopic (exact) mass is 235 g/mol. The van der Waals surface area contributed by atoms with Crippen LogP contribution < -0.4 is 5.32 Å². The van der Waals surface area contributed by atoms with Gasteiger partial charge < -0.3 is 5.32 Å². The molecular weight excluding hydrogens is 219 g/mol. The van der Waals surface area contributed by atoms with Gasteiger partial charge in [0.2, 0.25) is 0 Å². The fourth-order valence-electron chi connectivity index (χ4n) is 1.44. The van der Waals surface area contributed by atoms with Crippen LogP contribution in [0.1, 0.15) is 18.9 Å². The van der Waals surface area contributed by atoms with Crippen molar-refractivity contribution in [3.8, 4) is 0 Å². The van der Waals surface area contributed by atoms with Crippen LogP contribution >= 0.6 is 0 Å². The third kappa shape index (κ3) is 3.84. The maximum Gasteiger partial charge on any atom is 0.404 e. The summed E-state index contributed by atoms with van der Waals surface area (Å²) in [7, 11) is 1.69. The quantitative estimate of drug-likeness (QED) is 0.844. The fraction of sp³-hybridized carbons (Fsp3) is 0.700. The Morgan fingerprint density at radius 2 is 2.19 bits per heavy atom. The Balaban J connectivity index is 2.63. The number of halogens is 3. The topological polar surface area (TPSA) is 29.9 Å². The van der Waals surface area contributed by atoms with Gasteiger partial charge in [-0.05, 0) is 24.9 Å². The lowest BCUT2D eigenvalue weighted by Crippen LogP contribution is -2.44.